The molecule has 1 saturated carbocycles. The third kappa shape index (κ3) is 3.10. The minimum absolute atomic E-state index is 0.566. The second kappa shape index (κ2) is 5.22. The van der Waals surface area contributed by atoms with Crippen LogP contribution in [0, 0.1) is 5.92 Å². The van der Waals surface area contributed by atoms with Crippen LogP contribution in [0.25, 0.3) is 0 Å². The quantitative estimate of drug-likeness (QED) is 0.806. The van der Waals surface area contributed by atoms with Crippen LogP contribution in [0.3, 0.4) is 0 Å². The van der Waals surface area contributed by atoms with Gasteiger partial charge in [0.2, 0.25) is 0 Å². The third-order valence-electron chi connectivity index (χ3n) is 2.94. The number of hydrogen-bond acceptors (Lipinski definition) is 5. The van der Waals surface area contributed by atoms with Gasteiger partial charge in [0, 0.05) is 18.9 Å². The van der Waals surface area contributed by atoms with Crippen molar-refractivity contribution in [3.8, 4) is 0 Å². The predicted molar refractivity (Wildman–Crippen MR) is 65.6 cm³/mol. The summed E-state index contributed by atoms with van der Waals surface area (Å²) in [6.45, 7) is 2.44. The highest BCUT2D eigenvalue weighted by atomic mass is 15.4. The maximum Gasteiger partial charge on any atom is 0.149 e. The molecule has 0 saturated heterocycles. The summed E-state index contributed by atoms with van der Waals surface area (Å²) in [7, 11) is 0. The van der Waals surface area contributed by atoms with Gasteiger partial charge in [-0.2, -0.15) is 0 Å². The Morgan fingerprint density at radius 3 is 2.89 bits per heavy atom. The first-order valence-electron chi connectivity index (χ1n) is 6.26. The van der Waals surface area contributed by atoms with Crippen LogP contribution in [0.5, 0.6) is 0 Å². The van der Waals surface area contributed by atoms with Gasteiger partial charge in [-0.05, 0) is 31.4 Å². The molecule has 0 spiro atoms. The second-order valence-corrected chi connectivity index (χ2v) is 4.65. The average Bonchev–Trinajstić information content (AvgIpc) is 3.11. The van der Waals surface area contributed by atoms with Crippen LogP contribution in [0.4, 0.5) is 0 Å². The molecular formula is C12H16N6. The molecule has 0 unspecified atom stereocenters. The lowest BCUT2D eigenvalue weighted by atomic mass is 10.4. The van der Waals surface area contributed by atoms with E-state index in [2.05, 4.69) is 25.6 Å². The zero-order chi connectivity index (χ0) is 12.2. The van der Waals surface area contributed by atoms with E-state index < -0.39 is 0 Å². The van der Waals surface area contributed by atoms with Crippen LogP contribution in [0.15, 0.2) is 24.7 Å². The molecule has 2 aromatic rings. The number of nitrogens with one attached hydrogen (secondary N) is 1. The summed E-state index contributed by atoms with van der Waals surface area (Å²) in [6, 6.07) is 1.80. The zero-order valence-corrected chi connectivity index (χ0v) is 10.2. The molecule has 0 bridgehead atoms. The molecule has 0 atom stereocenters. The Hall–Kier alpha value is -1.82. The van der Waals surface area contributed by atoms with Gasteiger partial charge in [-0.25, -0.2) is 14.6 Å². The molecule has 6 nitrogen and oxygen atoms in total. The highest BCUT2D eigenvalue weighted by Gasteiger charge is 2.20. The zero-order valence-electron chi connectivity index (χ0n) is 10.2. The first kappa shape index (κ1) is 11.3. The molecule has 6 heteroatoms. The van der Waals surface area contributed by atoms with E-state index in [-0.39, 0.29) is 0 Å². The molecule has 94 valence electrons. The van der Waals surface area contributed by atoms with Crippen molar-refractivity contribution in [3.63, 3.8) is 0 Å². The van der Waals surface area contributed by atoms with E-state index in [0.29, 0.717) is 6.54 Å². The van der Waals surface area contributed by atoms with Crippen LogP contribution in [0.2, 0.25) is 0 Å². The van der Waals surface area contributed by atoms with Crippen molar-refractivity contribution in [1.82, 2.24) is 30.3 Å². The molecular weight excluding hydrogens is 228 g/mol. The largest absolute Gasteiger partial charge is 0.311 e. The number of nitrogens with zero attached hydrogens (tertiary/aromatic N) is 5. The van der Waals surface area contributed by atoms with Crippen LogP contribution < -0.4 is 5.32 Å². The molecule has 3 rings (SSSR count). The fraction of sp³-hybridized carbons (Fsp3) is 0.500. The van der Waals surface area contributed by atoms with Gasteiger partial charge < -0.3 is 5.32 Å². The van der Waals surface area contributed by atoms with Crippen molar-refractivity contribution in [2.75, 3.05) is 6.54 Å². The lowest BCUT2D eigenvalue weighted by molar-refractivity contribution is 0.620. The molecule has 1 N–H and O–H groups in total. The van der Waals surface area contributed by atoms with Gasteiger partial charge in [-0.3, -0.25) is 0 Å². The van der Waals surface area contributed by atoms with E-state index in [1.165, 1.54) is 12.8 Å². The first-order chi connectivity index (χ1) is 8.90. The van der Waals surface area contributed by atoms with E-state index in [1.54, 1.807) is 23.1 Å². The standard InChI is InChI=1S/C12H16N6/c1-4-14-12(15-5-1)9-18-8-11(16-17-18)7-13-6-10-2-3-10/h1,4-5,8,10,13H,2-3,6-7,9H2. The molecule has 0 aromatic carbocycles. The van der Waals surface area contributed by atoms with E-state index in [0.717, 1.165) is 30.5 Å². The number of aromatic nitrogens is 5. The number of rotatable bonds is 6. The maximum absolute atomic E-state index is 4.16. The fourth-order valence-electron chi connectivity index (χ4n) is 1.78. The molecule has 1 fully saturated rings. The maximum atomic E-state index is 4.16. The number of hydrogen-bond donors (Lipinski definition) is 1. The molecule has 1 aliphatic rings. The molecule has 2 heterocycles. The Morgan fingerprint density at radius 2 is 2.11 bits per heavy atom. The minimum atomic E-state index is 0.566. The summed E-state index contributed by atoms with van der Waals surface area (Å²) >= 11 is 0. The second-order valence-electron chi connectivity index (χ2n) is 4.65. The summed E-state index contributed by atoms with van der Waals surface area (Å²) in [5.41, 5.74) is 0.964. The normalized spacial score (nSPS) is 14.9. The Kier molecular flexibility index (Phi) is 3.27. The van der Waals surface area contributed by atoms with Gasteiger partial charge in [0.15, 0.2) is 0 Å². The Labute approximate surface area is 105 Å². The summed E-state index contributed by atoms with van der Waals surface area (Å²) in [5, 5.41) is 11.6. The van der Waals surface area contributed by atoms with Gasteiger partial charge >= 0.3 is 0 Å². The Balaban J connectivity index is 1.52. The molecule has 18 heavy (non-hydrogen) atoms. The SMILES string of the molecule is c1cnc(Cn2cc(CNCC3CC3)nn2)nc1. The van der Waals surface area contributed by atoms with E-state index >= 15 is 0 Å². The topological polar surface area (TPSA) is 68.5 Å². The van der Waals surface area contributed by atoms with Crippen molar-refractivity contribution < 1.29 is 0 Å². The van der Waals surface area contributed by atoms with Gasteiger partial charge in [-0.15, -0.1) is 5.10 Å². The van der Waals surface area contributed by atoms with Crippen molar-refractivity contribution in [1.29, 1.82) is 0 Å². The van der Waals surface area contributed by atoms with Crippen LogP contribution in [0.1, 0.15) is 24.4 Å². The average molecular weight is 244 g/mol. The van der Waals surface area contributed by atoms with Crippen LogP contribution >= 0.6 is 0 Å². The molecule has 1 aliphatic carbocycles. The van der Waals surface area contributed by atoms with Gasteiger partial charge in [0.1, 0.15) is 12.4 Å². The summed E-state index contributed by atoms with van der Waals surface area (Å²) in [4.78, 5) is 8.32. The van der Waals surface area contributed by atoms with Gasteiger partial charge in [-0.1, -0.05) is 5.21 Å². The first-order valence-corrected chi connectivity index (χ1v) is 6.26. The summed E-state index contributed by atoms with van der Waals surface area (Å²) in [5.74, 6) is 1.64. The van der Waals surface area contributed by atoms with Crippen LogP contribution in [-0.2, 0) is 13.1 Å². The lowest BCUT2D eigenvalue weighted by Gasteiger charge is -1.99. The third-order valence-corrected chi connectivity index (χ3v) is 2.94. The highest BCUT2D eigenvalue weighted by molar-refractivity contribution is 4.95. The van der Waals surface area contributed by atoms with Gasteiger partial charge in [0.05, 0.1) is 11.9 Å². The Morgan fingerprint density at radius 1 is 1.28 bits per heavy atom. The van der Waals surface area contributed by atoms with E-state index in [9.17, 15) is 0 Å². The van der Waals surface area contributed by atoms with E-state index in [1.807, 2.05) is 6.20 Å². The molecule has 0 amide bonds. The molecule has 2 aromatic heterocycles. The van der Waals surface area contributed by atoms with Crippen LogP contribution in [-0.4, -0.2) is 31.5 Å². The minimum Gasteiger partial charge on any atom is -0.311 e. The van der Waals surface area contributed by atoms with Crippen molar-refractivity contribution in [2.45, 2.75) is 25.9 Å². The monoisotopic (exact) mass is 244 g/mol. The van der Waals surface area contributed by atoms with Crippen molar-refractivity contribution >= 4 is 0 Å². The fourth-order valence-corrected chi connectivity index (χ4v) is 1.78. The molecule has 0 radical (unpaired) electrons. The lowest BCUT2D eigenvalue weighted by Crippen LogP contribution is -2.16. The van der Waals surface area contributed by atoms with E-state index in [4.69, 9.17) is 0 Å². The smallest absolute Gasteiger partial charge is 0.149 e. The summed E-state index contributed by atoms with van der Waals surface area (Å²) < 4.78 is 1.77. The highest BCUT2D eigenvalue weighted by Crippen LogP contribution is 2.27. The van der Waals surface area contributed by atoms with Gasteiger partial charge in [0.25, 0.3) is 0 Å². The molecule has 0 aliphatic heterocycles. The predicted octanol–water partition coefficient (Wildman–Crippen LogP) is 0.616. The van der Waals surface area contributed by atoms with Crippen molar-refractivity contribution in [3.05, 3.63) is 36.2 Å². The summed E-state index contributed by atoms with van der Waals surface area (Å²) in [6.07, 6.45) is 8.14. The van der Waals surface area contributed by atoms with Crippen molar-refractivity contribution in [2.24, 2.45) is 5.92 Å². The Bertz CT molecular complexity index is 490.